The van der Waals surface area contributed by atoms with Gasteiger partial charge in [0.1, 0.15) is 0 Å². The van der Waals surface area contributed by atoms with Gasteiger partial charge >= 0.3 is 0 Å². The molecule has 16 heavy (non-hydrogen) atoms. The lowest BCUT2D eigenvalue weighted by Gasteiger charge is -2.11. The third-order valence-electron chi connectivity index (χ3n) is 3.46. The number of nitriles is 1. The van der Waals surface area contributed by atoms with Gasteiger partial charge in [0.05, 0.1) is 12.7 Å². The van der Waals surface area contributed by atoms with Gasteiger partial charge in [0.2, 0.25) is 0 Å². The summed E-state index contributed by atoms with van der Waals surface area (Å²) in [5, 5.41) is 8.66. The maximum Gasteiger partial charge on any atom is 0.0628 e. The molecule has 0 aliphatic heterocycles. The van der Waals surface area contributed by atoms with Crippen LogP contribution in [0.3, 0.4) is 0 Å². The van der Waals surface area contributed by atoms with Crippen molar-refractivity contribution in [1.29, 1.82) is 5.26 Å². The van der Waals surface area contributed by atoms with Gasteiger partial charge in [-0.25, -0.2) is 0 Å². The molecule has 0 bridgehead atoms. The lowest BCUT2D eigenvalue weighted by Crippen LogP contribution is -2.10. The summed E-state index contributed by atoms with van der Waals surface area (Å²) in [5.41, 5.74) is 0.261. The van der Waals surface area contributed by atoms with Gasteiger partial charge in [0.15, 0.2) is 0 Å². The summed E-state index contributed by atoms with van der Waals surface area (Å²) in [6.07, 6.45) is 10.9. The average Bonchev–Trinajstić information content (AvgIpc) is 3.03. The predicted octanol–water partition coefficient (Wildman–Crippen LogP) is 4.06. The molecule has 2 nitrogen and oxygen atoms in total. The third-order valence-corrected chi connectivity index (χ3v) is 3.46. The van der Waals surface area contributed by atoms with Crippen LogP contribution in [0.2, 0.25) is 0 Å². The zero-order chi connectivity index (χ0) is 11.7. The standard InChI is InChI=1S/C14H25NO/c1-2-3-4-5-6-7-12-16-13-14(8-9-14)10-11-15/h2-10,12-13H2,1H3. The van der Waals surface area contributed by atoms with E-state index in [0.717, 1.165) is 13.2 Å². The average molecular weight is 223 g/mol. The van der Waals surface area contributed by atoms with Crippen molar-refractivity contribution in [3.63, 3.8) is 0 Å². The Labute approximate surface area is 100.0 Å². The molecule has 0 heterocycles. The topological polar surface area (TPSA) is 33.0 Å². The second-order valence-corrected chi connectivity index (χ2v) is 5.16. The van der Waals surface area contributed by atoms with Crippen molar-refractivity contribution in [3.05, 3.63) is 0 Å². The van der Waals surface area contributed by atoms with Gasteiger partial charge in [-0.05, 0) is 19.3 Å². The van der Waals surface area contributed by atoms with Gasteiger partial charge in [-0.1, -0.05) is 39.0 Å². The van der Waals surface area contributed by atoms with Crippen LogP contribution in [-0.4, -0.2) is 13.2 Å². The Morgan fingerprint density at radius 3 is 2.44 bits per heavy atom. The van der Waals surface area contributed by atoms with E-state index < -0.39 is 0 Å². The van der Waals surface area contributed by atoms with E-state index in [4.69, 9.17) is 10.00 Å². The Bertz CT molecular complexity index is 215. The molecule has 0 aromatic heterocycles. The molecule has 0 N–H and O–H groups in total. The molecular weight excluding hydrogens is 198 g/mol. The number of nitrogens with zero attached hydrogens (tertiary/aromatic N) is 1. The van der Waals surface area contributed by atoms with Crippen molar-refractivity contribution in [1.82, 2.24) is 0 Å². The van der Waals surface area contributed by atoms with E-state index in [-0.39, 0.29) is 5.41 Å². The number of hydrogen-bond acceptors (Lipinski definition) is 2. The van der Waals surface area contributed by atoms with Gasteiger partial charge in [-0.2, -0.15) is 5.26 Å². The molecule has 0 aromatic rings. The summed E-state index contributed by atoms with van der Waals surface area (Å²) in [6, 6.07) is 2.27. The molecule has 0 amide bonds. The molecule has 0 spiro atoms. The van der Waals surface area contributed by atoms with Gasteiger partial charge in [-0.3, -0.25) is 0 Å². The maximum absolute atomic E-state index is 8.66. The Morgan fingerprint density at radius 1 is 1.12 bits per heavy atom. The van der Waals surface area contributed by atoms with Crippen LogP contribution in [-0.2, 0) is 4.74 Å². The summed E-state index contributed by atoms with van der Waals surface area (Å²) in [4.78, 5) is 0. The van der Waals surface area contributed by atoms with Crippen molar-refractivity contribution >= 4 is 0 Å². The van der Waals surface area contributed by atoms with Crippen LogP contribution in [0.5, 0.6) is 0 Å². The van der Waals surface area contributed by atoms with Crippen molar-refractivity contribution in [2.45, 2.75) is 64.7 Å². The summed E-state index contributed by atoms with van der Waals surface area (Å²) >= 11 is 0. The fourth-order valence-electron chi connectivity index (χ4n) is 1.99. The fourth-order valence-corrected chi connectivity index (χ4v) is 1.99. The normalized spacial score (nSPS) is 17.0. The van der Waals surface area contributed by atoms with E-state index in [1.807, 2.05) is 0 Å². The van der Waals surface area contributed by atoms with Crippen LogP contribution in [0.15, 0.2) is 0 Å². The van der Waals surface area contributed by atoms with Crippen LogP contribution in [0.25, 0.3) is 0 Å². The maximum atomic E-state index is 8.66. The van der Waals surface area contributed by atoms with Gasteiger partial charge in [0.25, 0.3) is 0 Å². The monoisotopic (exact) mass is 223 g/mol. The van der Waals surface area contributed by atoms with Crippen molar-refractivity contribution < 1.29 is 4.74 Å². The van der Waals surface area contributed by atoms with E-state index in [0.29, 0.717) is 6.42 Å². The molecule has 0 atom stereocenters. The predicted molar refractivity (Wildman–Crippen MR) is 66.1 cm³/mol. The Hall–Kier alpha value is -0.550. The van der Waals surface area contributed by atoms with Crippen molar-refractivity contribution in [2.24, 2.45) is 5.41 Å². The van der Waals surface area contributed by atoms with Crippen LogP contribution in [0.4, 0.5) is 0 Å². The number of hydrogen-bond donors (Lipinski definition) is 0. The van der Waals surface area contributed by atoms with Gasteiger partial charge in [-0.15, -0.1) is 0 Å². The number of ether oxygens (including phenoxy) is 1. The minimum atomic E-state index is 0.261. The molecule has 0 unspecified atom stereocenters. The minimum absolute atomic E-state index is 0.261. The van der Waals surface area contributed by atoms with Crippen LogP contribution >= 0.6 is 0 Å². The number of rotatable bonds is 10. The zero-order valence-corrected chi connectivity index (χ0v) is 10.6. The van der Waals surface area contributed by atoms with E-state index in [1.54, 1.807) is 0 Å². The third kappa shape index (κ3) is 5.51. The zero-order valence-electron chi connectivity index (χ0n) is 10.6. The largest absolute Gasteiger partial charge is 0.381 e. The highest BCUT2D eigenvalue weighted by atomic mass is 16.5. The quantitative estimate of drug-likeness (QED) is 0.523. The SMILES string of the molecule is CCCCCCCCOCC1(CC#N)CC1. The summed E-state index contributed by atoms with van der Waals surface area (Å²) in [7, 11) is 0. The first kappa shape index (κ1) is 13.5. The first-order chi connectivity index (χ1) is 7.83. The van der Waals surface area contributed by atoms with E-state index in [9.17, 15) is 0 Å². The lowest BCUT2D eigenvalue weighted by molar-refractivity contribution is 0.0885. The van der Waals surface area contributed by atoms with Crippen LogP contribution in [0, 0.1) is 16.7 Å². The first-order valence-corrected chi connectivity index (χ1v) is 6.78. The fraction of sp³-hybridized carbons (Fsp3) is 0.929. The van der Waals surface area contributed by atoms with Gasteiger partial charge < -0.3 is 4.74 Å². The lowest BCUT2D eigenvalue weighted by atomic mass is 10.1. The Balaban J connectivity index is 1.83. The molecule has 1 saturated carbocycles. The highest BCUT2D eigenvalue weighted by Gasteiger charge is 2.42. The molecule has 92 valence electrons. The Kier molecular flexibility index (Phi) is 6.49. The molecule has 0 radical (unpaired) electrons. The summed E-state index contributed by atoms with van der Waals surface area (Å²) in [5.74, 6) is 0. The van der Waals surface area contributed by atoms with Crippen molar-refractivity contribution in [3.8, 4) is 6.07 Å². The summed E-state index contributed by atoms with van der Waals surface area (Å²) < 4.78 is 5.67. The molecule has 0 saturated heterocycles. The second kappa shape index (κ2) is 7.68. The molecule has 0 aromatic carbocycles. The highest BCUT2D eigenvalue weighted by molar-refractivity contribution is 4.99. The molecule has 1 rings (SSSR count). The minimum Gasteiger partial charge on any atom is -0.381 e. The second-order valence-electron chi connectivity index (χ2n) is 5.16. The molecular formula is C14H25NO. The van der Waals surface area contributed by atoms with Crippen LogP contribution in [0.1, 0.15) is 64.7 Å². The van der Waals surface area contributed by atoms with Crippen molar-refractivity contribution in [2.75, 3.05) is 13.2 Å². The summed E-state index contributed by atoms with van der Waals surface area (Å²) in [6.45, 7) is 3.95. The van der Waals surface area contributed by atoms with E-state index in [1.165, 1.54) is 51.4 Å². The molecule has 1 aliphatic rings. The van der Waals surface area contributed by atoms with E-state index >= 15 is 0 Å². The Morgan fingerprint density at radius 2 is 1.81 bits per heavy atom. The molecule has 1 aliphatic carbocycles. The van der Waals surface area contributed by atoms with Crippen LogP contribution < -0.4 is 0 Å². The van der Waals surface area contributed by atoms with Gasteiger partial charge in [0, 0.05) is 18.4 Å². The molecule has 2 heteroatoms. The highest BCUT2D eigenvalue weighted by Crippen LogP contribution is 2.48. The molecule has 1 fully saturated rings. The number of unbranched alkanes of at least 4 members (excludes halogenated alkanes) is 5. The first-order valence-electron chi connectivity index (χ1n) is 6.78. The van der Waals surface area contributed by atoms with E-state index in [2.05, 4.69) is 13.0 Å². The smallest absolute Gasteiger partial charge is 0.0628 e.